The zero-order chi connectivity index (χ0) is 22.2. The molecule has 2 aliphatic rings. The van der Waals surface area contributed by atoms with Crippen molar-refractivity contribution in [3.8, 4) is 0 Å². The van der Waals surface area contributed by atoms with Crippen LogP contribution in [0.15, 0.2) is 53.5 Å². The number of nitrogens with zero attached hydrogens (tertiary/aromatic N) is 3. The molecule has 0 spiro atoms. The molecule has 0 fully saturated rings. The molecule has 0 N–H and O–H groups in total. The van der Waals surface area contributed by atoms with Crippen LogP contribution >= 0.6 is 0 Å². The molecule has 4 rings (SSSR count). The summed E-state index contributed by atoms with van der Waals surface area (Å²) in [4.78, 5) is 6.82. The molecule has 2 aromatic carbocycles. The van der Waals surface area contributed by atoms with Crippen molar-refractivity contribution in [3.05, 3.63) is 64.9 Å². The summed E-state index contributed by atoms with van der Waals surface area (Å²) in [7, 11) is 0. The Kier molecular flexibility index (Phi) is 5.54. The summed E-state index contributed by atoms with van der Waals surface area (Å²) < 4.78 is 40.8. The number of halogens is 3. The molecule has 0 aromatic heterocycles. The minimum absolute atomic E-state index is 0.0106. The van der Waals surface area contributed by atoms with Gasteiger partial charge >= 0.3 is 6.18 Å². The molecule has 0 amide bonds. The van der Waals surface area contributed by atoms with E-state index in [0.717, 1.165) is 37.8 Å². The average molecular weight is 429 g/mol. The summed E-state index contributed by atoms with van der Waals surface area (Å²) >= 11 is 0. The standard InChI is InChI=1S/C24H26F3N3O/c1-3-12-23(13-4-2)15-28-22-21(17-8-6-5-7-9-17)30(31)20-14-18(24(25,26)27)10-11-19(20)29(22)16-23/h5-11,14H,3-4,12-13,15-16H2,1-2H3. The summed E-state index contributed by atoms with van der Waals surface area (Å²) in [6.45, 7) is 5.52. The molecular formula is C24H26F3N3O. The van der Waals surface area contributed by atoms with E-state index in [0.29, 0.717) is 40.6 Å². The lowest BCUT2D eigenvalue weighted by Crippen LogP contribution is -2.53. The second-order valence-electron chi connectivity index (χ2n) is 8.44. The highest BCUT2D eigenvalue weighted by molar-refractivity contribution is 6.51. The second-order valence-corrected chi connectivity index (χ2v) is 8.44. The lowest BCUT2D eigenvalue weighted by Gasteiger charge is -2.43. The Labute approximate surface area is 180 Å². The van der Waals surface area contributed by atoms with E-state index < -0.39 is 11.7 Å². The first-order valence-corrected chi connectivity index (χ1v) is 10.7. The summed E-state index contributed by atoms with van der Waals surface area (Å²) in [6.07, 6.45) is -0.562. The Morgan fingerprint density at radius 3 is 2.35 bits per heavy atom. The molecule has 2 aliphatic heterocycles. The van der Waals surface area contributed by atoms with Crippen LogP contribution in [0.1, 0.15) is 50.7 Å². The number of hydrogen-bond acceptors (Lipinski definition) is 3. The van der Waals surface area contributed by atoms with Crippen LogP contribution in [0, 0.1) is 10.6 Å². The summed E-state index contributed by atoms with van der Waals surface area (Å²) in [5, 5.41) is 13.4. The Bertz CT molecular complexity index is 1020. The molecule has 31 heavy (non-hydrogen) atoms. The lowest BCUT2D eigenvalue weighted by atomic mass is 9.77. The molecule has 0 unspecified atom stereocenters. The Hall–Kier alpha value is -2.83. The molecule has 4 nitrogen and oxygen atoms in total. The fraction of sp³-hybridized carbons (Fsp3) is 0.417. The van der Waals surface area contributed by atoms with E-state index in [1.54, 1.807) is 12.1 Å². The van der Waals surface area contributed by atoms with Gasteiger partial charge in [-0.05, 0) is 37.1 Å². The SMILES string of the molecule is CCCC1(CCC)CN=C2C(c3ccccc3)=[N+]([O-])c3cc(C(F)(F)F)ccc3N2C1. The van der Waals surface area contributed by atoms with Crippen molar-refractivity contribution in [1.82, 2.24) is 0 Å². The third kappa shape index (κ3) is 3.82. The summed E-state index contributed by atoms with van der Waals surface area (Å²) in [5.41, 5.74) is 0.552. The maximum atomic E-state index is 13.4. The van der Waals surface area contributed by atoms with Crippen LogP contribution in [0.4, 0.5) is 24.5 Å². The maximum Gasteiger partial charge on any atom is 0.416 e. The molecule has 0 atom stereocenters. The van der Waals surface area contributed by atoms with Crippen molar-refractivity contribution in [1.29, 1.82) is 0 Å². The minimum Gasteiger partial charge on any atom is -0.618 e. The highest BCUT2D eigenvalue weighted by atomic mass is 19.4. The number of fused-ring (bicyclic) bond motifs is 3. The van der Waals surface area contributed by atoms with Gasteiger partial charge in [0.2, 0.25) is 11.5 Å². The van der Waals surface area contributed by atoms with Gasteiger partial charge in [0.1, 0.15) is 5.69 Å². The predicted molar refractivity (Wildman–Crippen MR) is 117 cm³/mol. The molecule has 0 saturated heterocycles. The van der Waals surface area contributed by atoms with Gasteiger partial charge in [0.25, 0.3) is 5.71 Å². The monoisotopic (exact) mass is 429 g/mol. The van der Waals surface area contributed by atoms with Gasteiger partial charge in [-0.2, -0.15) is 17.9 Å². The zero-order valence-corrected chi connectivity index (χ0v) is 17.7. The number of aliphatic imine (C=N–C) groups is 1. The van der Waals surface area contributed by atoms with Crippen LogP contribution in [-0.4, -0.2) is 29.4 Å². The average Bonchev–Trinajstić information content (AvgIpc) is 2.75. The van der Waals surface area contributed by atoms with Gasteiger partial charge in [0.15, 0.2) is 0 Å². The predicted octanol–water partition coefficient (Wildman–Crippen LogP) is 6.16. The normalized spacial score (nSPS) is 17.8. The molecule has 164 valence electrons. The van der Waals surface area contributed by atoms with Crippen molar-refractivity contribution < 1.29 is 17.9 Å². The summed E-state index contributed by atoms with van der Waals surface area (Å²) in [6, 6.07) is 12.5. The number of amidine groups is 1. The Morgan fingerprint density at radius 2 is 1.74 bits per heavy atom. The maximum absolute atomic E-state index is 13.4. The minimum atomic E-state index is -4.52. The van der Waals surface area contributed by atoms with Crippen molar-refractivity contribution in [2.24, 2.45) is 10.4 Å². The Balaban J connectivity index is 1.93. The van der Waals surface area contributed by atoms with Gasteiger partial charge in [-0.3, -0.25) is 4.99 Å². The Morgan fingerprint density at radius 1 is 1.06 bits per heavy atom. The van der Waals surface area contributed by atoms with Crippen molar-refractivity contribution in [3.63, 3.8) is 0 Å². The first-order valence-electron chi connectivity index (χ1n) is 10.7. The number of hydrogen-bond donors (Lipinski definition) is 0. The fourth-order valence-electron chi connectivity index (χ4n) is 4.84. The molecule has 0 saturated carbocycles. The molecule has 0 radical (unpaired) electrons. The van der Waals surface area contributed by atoms with Crippen LogP contribution in [0.3, 0.4) is 0 Å². The largest absolute Gasteiger partial charge is 0.618 e. The van der Waals surface area contributed by atoms with E-state index >= 15 is 0 Å². The molecule has 2 heterocycles. The molecule has 0 bridgehead atoms. The van der Waals surface area contributed by atoms with Crippen LogP contribution in [0.25, 0.3) is 0 Å². The molecular weight excluding hydrogens is 403 g/mol. The highest BCUT2D eigenvalue weighted by Gasteiger charge is 2.45. The number of anilines is 1. The first kappa shape index (κ1) is 21.4. The number of benzene rings is 2. The molecule has 2 aromatic rings. The zero-order valence-electron chi connectivity index (χ0n) is 17.7. The molecule has 7 heteroatoms. The van der Waals surface area contributed by atoms with Gasteiger partial charge in [0, 0.05) is 24.6 Å². The van der Waals surface area contributed by atoms with E-state index in [-0.39, 0.29) is 11.1 Å². The lowest BCUT2D eigenvalue weighted by molar-refractivity contribution is -0.358. The van der Waals surface area contributed by atoms with Gasteiger partial charge in [-0.25, -0.2) is 0 Å². The van der Waals surface area contributed by atoms with E-state index in [9.17, 15) is 18.4 Å². The van der Waals surface area contributed by atoms with E-state index in [2.05, 4.69) is 13.8 Å². The van der Waals surface area contributed by atoms with E-state index in [1.165, 1.54) is 6.07 Å². The van der Waals surface area contributed by atoms with Crippen LogP contribution in [-0.2, 0) is 6.18 Å². The van der Waals surface area contributed by atoms with Gasteiger partial charge in [-0.1, -0.05) is 44.9 Å². The third-order valence-corrected chi connectivity index (χ3v) is 6.15. The number of rotatable bonds is 5. The summed E-state index contributed by atoms with van der Waals surface area (Å²) in [5.74, 6) is 0.538. The van der Waals surface area contributed by atoms with Crippen molar-refractivity contribution in [2.75, 3.05) is 18.0 Å². The second kappa shape index (κ2) is 8.02. The first-order chi connectivity index (χ1) is 14.8. The van der Waals surface area contributed by atoms with Crippen molar-refractivity contribution >= 4 is 22.9 Å². The van der Waals surface area contributed by atoms with Crippen molar-refractivity contribution in [2.45, 2.75) is 45.7 Å². The van der Waals surface area contributed by atoms with Gasteiger partial charge < -0.3 is 10.1 Å². The molecule has 0 aliphatic carbocycles. The van der Waals surface area contributed by atoms with Crippen LogP contribution in [0.2, 0.25) is 0 Å². The quantitative estimate of drug-likeness (QED) is 0.422. The van der Waals surface area contributed by atoms with E-state index in [1.807, 2.05) is 23.1 Å². The number of alkyl halides is 3. The van der Waals surface area contributed by atoms with Crippen LogP contribution < -0.4 is 4.90 Å². The highest BCUT2D eigenvalue weighted by Crippen LogP contribution is 2.43. The van der Waals surface area contributed by atoms with Gasteiger partial charge in [0.05, 0.1) is 11.1 Å². The third-order valence-electron chi connectivity index (χ3n) is 6.15. The fourth-order valence-corrected chi connectivity index (χ4v) is 4.84. The smallest absolute Gasteiger partial charge is 0.416 e. The van der Waals surface area contributed by atoms with E-state index in [4.69, 9.17) is 4.99 Å². The van der Waals surface area contributed by atoms with Crippen LogP contribution in [0.5, 0.6) is 0 Å². The topological polar surface area (TPSA) is 41.7 Å². The van der Waals surface area contributed by atoms with Gasteiger partial charge in [-0.15, -0.1) is 0 Å².